The lowest BCUT2D eigenvalue weighted by atomic mass is 10.3. The summed E-state index contributed by atoms with van der Waals surface area (Å²) in [7, 11) is -3.24. The van der Waals surface area contributed by atoms with Crippen molar-refractivity contribution in [1.29, 1.82) is 0 Å². The number of nitrogens with zero attached hydrogens (tertiary/aromatic N) is 1. The molecule has 0 aromatic heterocycles. The van der Waals surface area contributed by atoms with E-state index < -0.39 is 9.84 Å². The smallest absolute Gasteiger partial charge is 0.242 e. The molecule has 1 aromatic rings. The van der Waals surface area contributed by atoms with Crippen LogP contribution in [0.4, 0.5) is 5.69 Å². The van der Waals surface area contributed by atoms with Crippen LogP contribution in [0.25, 0.3) is 0 Å². The normalized spacial score (nSPS) is 19.3. The summed E-state index contributed by atoms with van der Waals surface area (Å²) in [5.41, 5.74) is 0.618. The van der Waals surface area contributed by atoms with Crippen molar-refractivity contribution in [2.45, 2.75) is 17.9 Å². The van der Waals surface area contributed by atoms with E-state index in [2.05, 4.69) is 5.32 Å². The highest BCUT2D eigenvalue weighted by Gasteiger charge is 2.20. The molecule has 1 aromatic carbocycles. The lowest BCUT2D eigenvalue weighted by Crippen LogP contribution is -2.46. The molecule has 0 saturated carbocycles. The summed E-state index contributed by atoms with van der Waals surface area (Å²) in [6.07, 6.45) is 1.21. The van der Waals surface area contributed by atoms with Crippen molar-refractivity contribution in [2.75, 3.05) is 37.8 Å². The van der Waals surface area contributed by atoms with Crippen LogP contribution in [0.2, 0.25) is 0 Å². The average molecular weight is 312 g/mol. The number of ether oxygens (including phenoxy) is 1. The lowest BCUT2D eigenvalue weighted by Gasteiger charge is -2.31. The zero-order chi connectivity index (χ0) is 15.5. The van der Waals surface area contributed by atoms with Gasteiger partial charge in [-0.25, -0.2) is 8.42 Å². The third-order valence-corrected chi connectivity index (χ3v) is 4.41. The van der Waals surface area contributed by atoms with Crippen LogP contribution in [-0.2, 0) is 19.4 Å². The van der Waals surface area contributed by atoms with Gasteiger partial charge in [0.1, 0.15) is 0 Å². The second kappa shape index (κ2) is 6.44. The van der Waals surface area contributed by atoms with Gasteiger partial charge in [0.25, 0.3) is 0 Å². The van der Waals surface area contributed by atoms with Gasteiger partial charge in [-0.2, -0.15) is 0 Å². The second-order valence-electron chi connectivity index (χ2n) is 5.17. The van der Waals surface area contributed by atoms with Crippen molar-refractivity contribution in [3.63, 3.8) is 0 Å². The number of carbonyl (C=O) groups is 1. The molecule has 1 N–H and O–H groups in total. The van der Waals surface area contributed by atoms with Crippen LogP contribution in [0.15, 0.2) is 29.2 Å². The quantitative estimate of drug-likeness (QED) is 0.888. The minimum absolute atomic E-state index is 0.0186. The zero-order valence-electron chi connectivity index (χ0n) is 12.2. The molecule has 1 heterocycles. The van der Waals surface area contributed by atoms with E-state index in [1.165, 1.54) is 12.1 Å². The number of sulfone groups is 1. The largest absolute Gasteiger partial charge is 0.376 e. The van der Waals surface area contributed by atoms with Crippen molar-refractivity contribution in [3.8, 4) is 0 Å². The first-order valence-electron chi connectivity index (χ1n) is 6.79. The van der Waals surface area contributed by atoms with Gasteiger partial charge in [-0.05, 0) is 25.1 Å². The van der Waals surface area contributed by atoms with Gasteiger partial charge in [-0.1, -0.05) is 6.07 Å². The fraction of sp³-hybridized carbons (Fsp3) is 0.500. The average Bonchev–Trinajstić information content (AvgIpc) is 2.44. The van der Waals surface area contributed by atoms with Crippen molar-refractivity contribution in [3.05, 3.63) is 24.3 Å². The first-order chi connectivity index (χ1) is 9.86. The van der Waals surface area contributed by atoms with Gasteiger partial charge in [0.05, 0.1) is 24.2 Å². The van der Waals surface area contributed by atoms with Gasteiger partial charge in [0.15, 0.2) is 9.84 Å². The lowest BCUT2D eigenvalue weighted by molar-refractivity contribution is -0.136. The number of hydrogen-bond donors (Lipinski definition) is 1. The molecule has 0 spiro atoms. The predicted molar refractivity (Wildman–Crippen MR) is 80.0 cm³/mol. The molecule has 0 bridgehead atoms. The number of carbonyl (C=O) groups excluding carboxylic acids is 1. The van der Waals surface area contributed by atoms with Crippen LogP contribution in [-0.4, -0.2) is 57.8 Å². The molecule has 1 saturated heterocycles. The van der Waals surface area contributed by atoms with Crippen molar-refractivity contribution < 1.29 is 17.9 Å². The Morgan fingerprint density at radius 1 is 1.48 bits per heavy atom. The molecule has 7 heteroatoms. The van der Waals surface area contributed by atoms with E-state index in [-0.39, 0.29) is 23.5 Å². The van der Waals surface area contributed by atoms with Gasteiger partial charge >= 0.3 is 0 Å². The summed E-state index contributed by atoms with van der Waals surface area (Å²) in [5.74, 6) is -0.0186. The van der Waals surface area contributed by atoms with Gasteiger partial charge in [-0.15, -0.1) is 0 Å². The summed E-state index contributed by atoms with van der Waals surface area (Å²) in [5, 5.41) is 2.97. The standard InChI is InChI=1S/C14H20N2O4S/c1-11-10-16(6-7-20-11)14(17)9-15-12-4-3-5-13(8-12)21(2,18)19/h3-5,8,11,15H,6-7,9-10H2,1-2H3/t11-/m1/s1. The van der Waals surface area contributed by atoms with Crippen LogP contribution in [0.5, 0.6) is 0 Å². The minimum atomic E-state index is -3.24. The fourth-order valence-corrected chi connectivity index (χ4v) is 2.84. The first kappa shape index (κ1) is 15.8. The van der Waals surface area contributed by atoms with E-state index in [1.807, 2.05) is 6.92 Å². The third kappa shape index (κ3) is 4.44. The molecule has 0 aliphatic carbocycles. The molecule has 1 atom stereocenters. The SMILES string of the molecule is C[C@@H]1CN(C(=O)CNc2cccc(S(C)(=O)=O)c2)CCO1. The van der Waals surface area contributed by atoms with E-state index in [1.54, 1.807) is 17.0 Å². The monoisotopic (exact) mass is 312 g/mol. The molecule has 1 aliphatic rings. The Bertz CT molecular complexity index is 615. The Morgan fingerprint density at radius 2 is 2.24 bits per heavy atom. The molecular weight excluding hydrogens is 292 g/mol. The number of hydrogen-bond acceptors (Lipinski definition) is 5. The van der Waals surface area contributed by atoms with E-state index >= 15 is 0 Å². The highest BCUT2D eigenvalue weighted by atomic mass is 32.2. The molecular formula is C14H20N2O4S. The van der Waals surface area contributed by atoms with Gasteiger partial charge in [0.2, 0.25) is 5.91 Å². The van der Waals surface area contributed by atoms with Gasteiger partial charge < -0.3 is 15.0 Å². The van der Waals surface area contributed by atoms with Gasteiger partial charge in [0, 0.05) is 25.0 Å². The maximum absolute atomic E-state index is 12.1. The summed E-state index contributed by atoms with van der Waals surface area (Å²) in [4.78, 5) is 14.1. The Labute approximate surface area is 125 Å². The highest BCUT2D eigenvalue weighted by molar-refractivity contribution is 7.90. The molecule has 21 heavy (non-hydrogen) atoms. The zero-order valence-corrected chi connectivity index (χ0v) is 13.0. The number of benzene rings is 1. The van der Waals surface area contributed by atoms with Crippen LogP contribution < -0.4 is 5.32 Å². The molecule has 1 amide bonds. The van der Waals surface area contributed by atoms with E-state index in [9.17, 15) is 13.2 Å². The van der Waals surface area contributed by atoms with Crippen LogP contribution >= 0.6 is 0 Å². The Balaban J connectivity index is 1.95. The van der Waals surface area contributed by atoms with Gasteiger partial charge in [-0.3, -0.25) is 4.79 Å². The van der Waals surface area contributed by atoms with Crippen LogP contribution in [0, 0.1) is 0 Å². The molecule has 6 nitrogen and oxygen atoms in total. The molecule has 1 aliphatic heterocycles. The Morgan fingerprint density at radius 3 is 2.90 bits per heavy atom. The first-order valence-corrected chi connectivity index (χ1v) is 8.69. The summed E-state index contributed by atoms with van der Waals surface area (Å²) in [6.45, 7) is 3.80. The minimum Gasteiger partial charge on any atom is -0.376 e. The topological polar surface area (TPSA) is 75.7 Å². The number of amides is 1. The molecule has 1 fully saturated rings. The third-order valence-electron chi connectivity index (χ3n) is 3.30. The Kier molecular flexibility index (Phi) is 4.84. The van der Waals surface area contributed by atoms with Crippen molar-refractivity contribution >= 4 is 21.4 Å². The second-order valence-corrected chi connectivity index (χ2v) is 7.19. The maximum atomic E-state index is 12.1. The number of anilines is 1. The van der Waals surface area contributed by atoms with Crippen molar-refractivity contribution in [1.82, 2.24) is 4.90 Å². The van der Waals surface area contributed by atoms with E-state index in [0.29, 0.717) is 25.4 Å². The number of rotatable bonds is 4. The van der Waals surface area contributed by atoms with E-state index in [0.717, 1.165) is 6.26 Å². The highest BCUT2D eigenvalue weighted by Crippen LogP contribution is 2.15. The maximum Gasteiger partial charge on any atom is 0.242 e. The number of morpholine rings is 1. The molecule has 0 unspecified atom stereocenters. The summed E-state index contributed by atoms with van der Waals surface area (Å²) < 4.78 is 28.4. The molecule has 116 valence electrons. The Hall–Kier alpha value is -1.60. The van der Waals surface area contributed by atoms with E-state index in [4.69, 9.17) is 4.74 Å². The summed E-state index contributed by atoms with van der Waals surface area (Å²) in [6, 6.07) is 6.46. The molecule has 2 rings (SSSR count). The van der Waals surface area contributed by atoms with Crippen LogP contribution in [0.1, 0.15) is 6.92 Å². The van der Waals surface area contributed by atoms with Crippen LogP contribution in [0.3, 0.4) is 0 Å². The predicted octanol–water partition coefficient (Wildman–Crippen LogP) is 0.749. The fourth-order valence-electron chi connectivity index (χ4n) is 2.17. The molecule has 0 radical (unpaired) electrons. The van der Waals surface area contributed by atoms with Crippen molar-refractivity contribution in [2.24, 2.45) is 0 Å². The number of nitrogens with one attached hydrogen (secondary N) is 1. The summed E-state index contributed by atoms with van der Waals surface area (Å²) >= 11 is 0.